The monoisotopic (exact) mass is 551 g/mol. The number of pyridine rings is 1. The Morgan fingerprint density at radius 2 is 0.953 bits per heavy atom. The van der Waals surface area contributed by atoms with Gasteiger partial charge in [0.15, 0.2) is 17.5 Å². The Morgan fingerprint density at radius 1 is 0.395 bits per heavy atom. The normalized spacial score (nSPS) is 11.3. The quantitative estimate of drug-likeness (QED) is 0.214. The van der Waals surface area contributed by atoms with E-state index >= 15 is 0 Å². The Hall–Kier alpha value is -5.94. The minimum atomic E-state index is 0.643. The Kier molecular flexibility index (Phi) is 6.05. The van der Waals surface area contributed by atoms with Crippen LogP contribution in [0.15, 0.2) is 152 Å². The molecule has 8 rings (SSSR count). The molecule has 3 heterocycles. The van der Waals surface area contributed by atoms with E-state index in [9.17, 15) is 0 Å². The van der Waals surface area contributed by atoms with Gasteiger partial charge in [0.2, 0.25) is 0 Å². The Labute approximate surface area is 248 Å². The van der Waals surface area contributed by atoms with E-state index in [1.807, 2.05) is 73.1 Å². The molecule has 5 heteroatoms. The molecule has 0 amide bonds. The summed E-state index contributed by atoms with van der Waals surface area (Å²) in [6.07, 6.45) is 3.79. The van der Waals surface area contributed by atoms with Crippen molar-refractivity contribution in [3.63, 3.8) is 0 Å². The fraction of sp³-hybridized carbons (Fsp3) is 0. The molecule has 8 aromatic rings. The highest BCUT2D eigenvalue weighted by Gasteiger charge is 2.14. The molecular formula is C38H25N5. The predicted octanol–water partition coefficient (Wildman–Crippen LogP) is 9.03. The lowest BCUT2D eigenvalue weighted by Crippen LogP contribution is -2.00. The predicted molar refractivity (Wildman–Crippen MR) is 174 cm³/mol. The van der Waals surface area contributed by atoms with Crippen LogP contribution in [0.3, 0.4) is 0 Å². The first-order valence-electron chi connectivity index (χ1n) is 14.2. The Balaban J connectivity index is 1.20. The second-order valence-corrected chi connectivity index (χ2v) is 10.4. The van der Waals surface area contributed by atoms with Crippen molar-refractivity contribution in [3.8, 4) is 51.0 Å². The van der Waals surface area contributed by atoms with Crippen molar-refractivity contribution in [2.45, 2.75) is 0 Å². The molecule has 5 nitrogen and oxygen atoms in total. The summed E-state index contributed by atoms with van der Waals surface area (Å²) in [4.78, 5) is 19.1. The zero-order valence-electron chi connectivity index (χ0n) is 23.2. The summed E-state index contributed by atoms with van der Waals surface area (Å²) < 4.78 is 2.28. The molecule has 0 saturated carbocycles. The van der Waals surface area contributed by atoms with Gasteiger partial charge in [0.25, 0.3) is 0 Å². The van der Waals surface area contributed by atoms with Crippen molar-refractivity contribution in [2.75, 3.05) is 0 Å². The van der Waals surface area contributed by atoms with Crippen LogP contribution in [0.25, 0.3) is 72.8 Å². The lowest BCUT2D eigenvalue weighted by Gasteiger charge is -2.11. The molecule has 0 radical (unpaired) electrons. The molecule has 0 aliphatic heterocycles. The topological polar surface area (TPSA) is 56.5 Å². The highest BCUT2D eigenvalue weighted by Crippen LogP contribution is 2.33. The van der Waals surface area contributed by atoms with Crippen LogP contribution < -0.4 is 0 Å². The van der Waals surface area contributed by atoms with Gasteiger partial charge in [0.1, 0.15) is 0 Å². The van der Waals surface area contributed by atoms with Crippen LogP contribution in [0.4, 0.5) is 0 Å². The lowest BCUT2D eigenvalue weighted by atomic mass is 10.0. The summed E-state index contributed by atoms with van der Waals surface area (Å²) in [5, 5.41) is 2.42. The number of fused-ring (bicyclic) bond motifs is 3. The molecule has 5 aromatic carbocycles. The van der Waals surface area contributed by atoms with Gasteiger partial charge in [-0.05, 0) is 41.5 Å². The van der Waals surface area contributed by atoms with Crippen LogP contribution in [0, 0.1) is 0 Å². The first-order chi connectivity index (χ1) is 21.3. The molecule has 0 aliphatic rings. The van der Waals surface area contributed by atoms with Gasteiger partial charge in [0, 0.05) is 39.3 Å². The summed E-state index contributed by atoms with van der Waals surface area (Å²) in [6.45, 7) is 0. The molecule has 0 bridgehead atoms. The van der Waals surface area contributed by atoms with Crippen molar-refractivity contribution in [2.24, 2.45) is 0 Å². The van der Waals surface area contributed by atoms with Crippen LogP contribution >= 0.6 is 0 Å². The molecule has 0 fully saturated rings. The number of aromatic nitrogens is 5. The van der Waals surface area contributed by atoms with E-state index in [2.05, 4.69) is 88.4 Å². The fourth-order valence-electron chi connectivity index (χ4n) is 5.67. The van der Waals surface area contributed by atoms with E-state index in [1.165, 1.54) is 16.3 Å². The smallest absolute Gasteiger partial charge is 0.164 e. The minimum absolute atomic E-state index is 0.643. The molecule has 0 N–H and O–H groups in total. The zero-order valence-corrected chi connectivity index (χ0v) is 23.2. The zero-order chi connectivity index (χ0) is 28.6. The van der Waals surface area contributed by atoms with Gasteiger partial charge in [-0.3, -0.25) is 4.98 Å². The Morgan fingerprint density at radius 3 is 1.65 bits per heavy atom. The molecule has 202 valence electrons. The summed E-state index contributed by atoms with van der Waals surface area (Å²) >= 11 is 0. The molecule has 0 spiro atoms. The third kappa shape index (κ3) is 4.53. The third-order valence-corrected chi connectivity index (χ3v) is 7.76. The Bertz CT molecular complexity index is 2110. The van der Waals surface area contributed by atoms with Gasteiger partial charge in [-0.25, -0.2) is 15.0 Å². The first-order valence-corrected chi connectivity index (χ1v) is 14.2. The molecule has 3 aromatic heterocycles. The number of rotatable bonds is 5. The molecule has 43 heavy (non-hydrogen) atoms. The van der Waals surface area contributed by atoms with E-state index in [0.29, 0.717) is 17.5 Å². The van der Waals surface area contributed by atoms with E-state index in [-0.39, 0.29) is 0 Å². The van der Waals surface area contributed by atoms with Crippen LogP contribution in [-0.2, 0) is 0 Å². The summed E-state index contributed by atoms with van der Waals surface area (Å²) in [5.41, 5.74) is 8.41. The van der Waals surface area contributed by atoms with Crippen molar-refractivity contribution in [1.82, 2.24) is 24.5 Å². The molecule has 0 unspecified atom stereocenters. The number of para-hydroxylation sites is 1. The maximum Gasteiger partial charge on any atom is 0.164 e. The molecular weight excluding hydrogens is 526 g/mol. The van der Waals surface area contributed by atoms with Gasteiger partial charge in [-0.1, -0.05) is 109 Å². The summed E-state index contributed by atoms with van der Waals surface area (Å²) in [6, 6.07) is 47.8. The maximum atomic E-state index is 4.91. The van der Waals surface area contributed by atoms with E-state index in [4.69, 9.17) is 15.0 Å². The molecule has 0 atom stereocenters. The van der Waals surface area contributed by atoms with E-state index < -0.39 is 0 Å². The lowest BCUT2D eigenvalue weighted by molar-refractivity contribution is 1.07. The van der Waals surface area contributed by atoms with E-state index in [1.54, 1.807) is 0 Å². The second kappa shape index (κ2) is 10.5. The van der Waals surface area contributed by atoms with Crippen LogP contribution in [-0.4, -0.2) is 24.5 Å². The number of benzene rings is 5. The van der Waals surface area contributed by atoms with Crippen LogP contribution in [0.5, 0.6) is 0 Å². The van der Waals surface area contributed by atoms with Crippen molar-refractivity contribution < 1.29 is 0 Å². The third-order valence-electron chi connectivity index (χ3n) is 7.76. The maximum absolute atomic E-state index is 4.91. The van der Waals surface area contributed by atoms with Crippen LogP contribution in [0.1, 0.15) is 0 Å². The first kappa shape index (κ1) is 24.8. The van der Waals surface area contributed by atoms with Crippen molar-refractivity contribution in [1.29, 1.82) is 0 Å². The van der Waals surface area contributed by atoms with Gasteiger partial charge < -0.3 is 4.57 Å². The SMILES string of the molecule is c1ccc(-c2nc(-c3ccccc3)nc(-c3cccc(-c4ccc(-n5c6ccccc6c6ccncc65)cc4)c3)n2)cc1. The second-order valence-electron chi connectivity index (χ2n) is 10.4. The summed E-state index contributed by atoms with van der Waals surface area (Å²) in [7, 11) is 0. The highest BCUT2D eigenvalue weighted by atomic mass is 15.0. The number of nitrogens with zero attached hydrogens (tertiary/aromatic N) is 5. The summed E-state index contributed by atoms with van der Waals surface area (Å²) in [5.74, 6) is 1.95. The molecule has 0 saturated heterocycles. The standard InChI is InChI=1S/C38H25N5/c1-3-10-27(11-4-1)36-40-37(28-12-5-2-6-13-28)42-38(41-36)30-15-9-14-29(24-30)26-18-20-31(21-19-26)43-34-17-8-7-16-32(34)33-22-23-39-25-35(33)43/h1-25H. The van der Waals surface area contributed by atoms with Crippen LogP contribution in [0.2, 0.25) is 0 Å². The van der Waals surface area contributed by atoms with Gasteiger partial charge >= 0.3 is 0 Å². The van der Waals surface area contributed by atoms with Gasteiger partial charge in [-0.2, -0.15) is 0 Å². The highest BCUT2D eigenvalue weighted by molar-refractivity contribution is 6.08. The van der Waals surface area contributed by atoms with Crippen molar-refractivity contribution >= 4 is 21.8 Å². The average Bonchev–Trinajstić information content (AvgIpc) is 3.43. The van der Waals surface area contributed by atoms with Crippen molar-refractivity contribution in [3.05, 3.63) is 152 Å². The van der Waals surface area contributed by atoms with Gasteiger partial charge in [0.05, 0.1) is 17.2 Å². The average molecular weight is 552 g/mol. The van der Waals surface area contributed by atoms with Gasteiger partial charge in [-0.15, -0.1) is 0 Å². The number of hydrogen-bond acceptors (Lipinski definition) is 4. The molecule has 0 aliphatic carbocycles. The fourth-order valence-corrected chi connectivity index (χ4v) is 5.67. The number of hydrogen-bond donors (Lipinski definition) is 0. The van der Waals surface area contributed by atoms with E-state index in [0.717, 1.165) is 39.0 Å². The minimum Gasteiger partial charge on any atom is -0.308 e. The largest absolute Gasteiger partial charge is 0.308 e.